The maximum atomic E-state index is 15.6. The third-order valence-corrected chi connectivity index (χ3v) is 8.65. The summed E-state index contributed by atoms with van der Waals surface area (Å²) in [5.74, 6) is -0.131. The van der Waals surface area contributed by atoms with Gasteiger partial charge in [0.05, 0.1) is 18.4 Å². The molecule has 218 valence electrons. The molecule has 2 fully saturated rings. The Balaban J connectivity index is 1.20. The van der Waals surface area contributed by atoms with E-state index in [-0.39, 0.29) is 29.0 Å². The molecule has 1 aliphatic carbocycles. The number of piperazine rings is 1. The van der Waals surface area contributed by atoms with Crippen molar-refractivity contribution in [2.75, 3.05) is 49.5 Å². The predicted octanol–water partition coefficient (Wildman–Crippen LogP) is 5.62. The van der Waals surface area contributed by atoms with Gasteiger partial charge < -0.3 is 19.9 Å². The Morgan fingerprint density at radius 3 is 2.41 bits per heavy atom. The van der Waals surface area contributed by atoms with Crippen molar-refractivity contribution in [3.63, 3.8) is 0 Å². The summed E-state index contributed by atoms with van der Waals surface area (Å²) >= 11 is 0. The number of hydrogen-bond donors (Lipinski definition) is 1. The molecule has 2 aliphatic heterocycles. The van der Waals surface area contributed by atoms with Gasteiger partial charge >= 0.3 is 0 Å². The Labute approximate surface area is 240 Å². The molecule has 3 aromatic rings. The van der Waals surface area contributed by atoms with Crippen LogP contribution in [-0.4, -0.2) is 75.7 Å². The van der Waals surface area contributed by atoms with Crippen LogP contribution in [0.2, 0.25) is 0 Å². The molecular weight excluding hydrogens is 524 g/mol. The summed E-state index contributed by atoms with van der Waals surface area (Å²) in [6.07, 6.45) is 6.94. The SMILES string of the molecule is CCN1CCN(Cc2ccc(Nc3ncc(F)c(-c4cc(F)c5c(c4)N(C(C)C)CC4(CCCC4)O5)n3)nc2)CC1. The van der Waals surface area contributed by atoms with E-state index in [1.54, 1.807) is 6.07 Å². The maximum Gasteiger partial charge on any atom is 0.229 e. The average molecular weight is 564 g/mol. The van der Waals surface area contributed by atoms with Gasteiger partial charge in [0.2, 0.25) is 5.95 Å². The van der Waals surface area contributed by atoms with E-state index in [1.807, 2.05) is 18.3 Å². The summed E-state index contributed by atoms with van der Waals surface area (Å²) in [5.41, 5.74) is 1.77. The molecule has 0 unspecified atom stereocenters. The van der Waals surface area contributed by atoms with Crippen molar-refractivity contribution < 1.29 is 13.5 Å². The van der Waals surface area contributed by atoms with Crippen LogP contribution in [0.1, 0.15) is 52.0 Å². The number of nitrogens with zero attached hydrogens (tertiary/aromatic N) is 6. The van der Waals surface area contributed by atoms with Crippen molar-refractivity contribution in [2.45, 2.75) is 64.6 Å². The lowest BCUT2D eigenvalue weighted by Gasteiger charge is -2.45. The van der Waals surface area contributed by atoms with Crippen molar-refractivity contribution in [1.82, 2.24) is 24.8 Å². The van der Waals surface area contributed by atoms with Gasteiger partial charge in [-0.25, -0.2) is 23.7 Å². The van der Waals surface area contributed by atoms with Crippen LogP contribution in [-0.2, 0) is 6.54 Å². The Morgan fingerprint density at radius 2 is 1.73 bits per heavy atom. The van der Waals surface area contributed by atoms with Crippen molar-refractivity contribution in [1.29, 1.82) is 0 Å². The molecule has 1 spiro atoms. The first-order valence-corrected chi connectivity index (χ1v) is 14.8. The van der Waals surface area contributed by atoms with E-state index in [4.69, 9.17) is 4.74 Å². The third-order valence-electron chi connectivity index (χ3n) is 8.65. The lowest BCUT2D eigenvalue weighted by molar-refractivity contribution is 0.0659. The number of rotatable bonds is 7. The van der Waals surface area contributed by atoms with Gasteiger partial charge in [-0.05, 0) is 69.8 Å². The number of nitrogens with one attached hydrogen (secondary N) is 1. The van der Waals surface area contributed by atoms with Crippen molar-refractivity contribution in [3.05, 3.63) is 53.9 Å². The summed E-state index contributed by atoms with van der Waals surface area (Å²) < 4.78 is 36.9. The highest BCUT2D eigenvalue weighted by atomic mass is 19.1. The van der Waals surface area contributed by atoms with Crippen LogP contribution < -0.4 is 15.0 Å². The topological polar surface area (TPSA) is 69.7 Å². The van der Waals surface area contributed by atoms with E-state index in [1.165, 1.54) is 6.07 Å². The van der Waals surface area contributed by atoms with Gasteiger partial charge in [0.25, 0.3) is 0 Å². The zero-order valence-corrected chi connectivity index (χ0v) is 24.2. The van der Waals surface area contributed by atoms with Gasteiger partial charge in [0, 0.05) is 50.5 Å². The van der Waals surface area contributed by atoms with E-state index in [2.05, 4.69) is 55.7 Å². The fourth-order valence-corrected chi connectivity index (χ4v) is 6.27. The second-order valence-corrected chi connectivity index (χ2v) is 11.8. The molecule has 0 bridgehead atoms. The number of fused-ring (bicyclic) bond motifs is 1. The van der Waals surface area contributed by atoms with Crippen LogP contribution in [0, 0.1) is 11.6 Å². The molecule has 4 heterocycles. The van der Waals surface area contributed by atoms with Gasteiger partial charge in [-0.15, -0.1) is 0 Å². The van der Waals surface area contributed by atoms with Crippen molar-refractivity contribution >= 4 is 17.5 Å². The van der Waals surface area contributed by atoms with Gasteiger partial charge in [-0.2, -0.15) is 0 Å². The number of benzene rings is 1. The summed E-state index contributed by atoms with van der Waals surface area (Å²) in [6.45, 7) is 13.3. The van der Waals surface area contributed by atoms with Crippen LogP contribution in [0.15, 0.2) is 36.7 Å². The van der Waals surface area contributed by atoms with Crippen LogP contribution in [0.25, 0.3) is 11.3 Å². The lowest BCUT2D eigenvalue weighted by Crippen LogP contribution is -2.51. The number of halogens is 2. The maximum absolute atomic E-state index is 15.6. The first-order chi connectivity index (χ1) is 19.8. The van der Waals surface area contributed by atoms with Gasteiger partial charge in [0.15, 0.2) is 17.4 Å². The van der Waals surface area contributed by atoms with E-state index in [0.29, 0.717) is 23.6 Å². The average Bonchev–Trinajstić information content (AvgIpc) is 3.43. The van der Waals surface area contributed by atoms with Gasteiger partial charge in [0.1, 0.15) is 17.1 Å². The molecule has 6 rings (SSSR count). The quantitative estimate of drug-likeness (QED) is 0.398. The lowest BCUT2D eigenvalue weighted by atomic mass is 9.96. The fourth-order valence-electron chi connectivity index (χ4n) is 6.27. The molecule has 8 nitrogen and oxygen atoms in total. The van der Waals surface area contributed by atoms with Gasteiger partial charge in [-0.1, -0.05) is 13.0 Å². The largest absolute Gasteiger partial charge is 0.480 e. The number of ether oxygens (including phenoxy) is 1. The van der Waals surface area contributed by atoms with E-state index in [9.17, 15) is 0 Å². The first kappa shape index (κ1) is 27.8. The zero-order valence-electron chi connectivity index (χ0n) is 24.2. The van der Waals surface area contributed by atoms with Crippen LogP contribution in [0.5, 0.6) is 5.75 Å². The minimum absolute atomic E-state index is 0.0249. The summed E-state index contributed by atoms with van der Waals surface area (Å²) in [6, 6.07) is 7.13. The zero-order chi connectivity index (χ0) is 28.6. The van der Waals surface area contributed by atoms with E-state index in [0.717, 1.165) is 76.7 Å². The van der Waals surface area contributed by atoms with Crippen LogP contribution in [0.4, 0.5) is 26.2 Å². The predicted molar refractivity (Wildman–Crippen MR) is 157 cm³/mol. The normalized spacial score (nSPS) is 19.0. The minimum atomic E-state index is -0.624. The summed E-state index contributed by atoms with van der Waals surface area (Å²) in [4.78, 5) is 20.1. The third kappa shape index (κ3) is 5.85. The molecule has 0 amide bonds. The standard InChI is InChI=1S/C31H39F2N7O/c1-4-38-11-13-39(14-12-38)19-22-7-8-27(34-17-22)36-30-35-18-25(33)28(37-30)23-15-24(32)29-26(16-23)40(21(2)3)20-31(41-29)9-5-6-10-31/h7-8,15-18,21H,4-6,9-14,19-20H2,1-3H3,(H,34,35,36,37). The highest BCUT2D eigenvalue weighted by molar-refractivity contribution is 5.73. The summed E-state index contributed by atoms with van der Waals surface area (Å²) in [5, 5.41) is 3.07. The molecule has 41 heavy (non-hydrogen) atoms. The second-order valence-electron chi connectivity index (χ2n) is 11.8. The molecule has 10 heteroatoms. The molecule has 3 aliphatic rings. The molecule has 0 radical (unpaired) electrons. The number of anilines is 3. The number of likely N-dealkylation sites (N-methyl/N-ethyl adjacent to an activating group) is 1. The summed E-state index contributed by atoms with van der Waals surface area (Å²) in [7, 11) is 0. The van der Waals surface area contributed by atoms with Crippen LogP contribution in [0.3, 0.4) is 0 Å². The first-order valence-electron chi connectivity index (χ1n) is 14.8. The van der Waals surface area contributed by atoms with Crippen LogP contribution >= 0.6 is 0 Å². The molecule has 0 atom stereocenters. The molecule has 2 aromatic heterocycles. The molecule has 1 aromatic carbocycles. The Morgan fingerprint density at radius 1 is 0.976 bits per heavy atom. The number of aromatic nitrogens is 3. The van der Waals surface area contributed by atoms with E-state index >= 15 is 8.78 Å². The molecule has 1 N–H and O–H groups in total. The number of hydrogen-bond acceptors (Lipinski definition) is 8. The monoisotopic (exact) mass is 563 g/mol. The Bertz CT molecular complexity index is 1370. The minimum Gasteiger partial charge on any atom is -0.480 e. The van der Waals surface area contributed by atoms with Gasteiger partial charge in [-0.3, -0.25) is 4.90 Å². The van der Waals surface area contributed by atoms with Crippen molar-refractivity contribution in [3.8, 4) is 17.0 Å². The highest BCUT2D eigenvalue weighted by Crippen LogP contribution is 2.47. The van der Waals surface area contributed by atoms with Crippen molar-refractivity contribution in [2.24, 2.45) is 0 Å². The second kappa shape index (κ2) is 11.5. The number of pyridine rings is 1. The smallest absolute Gasteiger partial charge is 0.229 e. The fraction of sp³-hybridized carbons (Fsp3) is 0.516. The Kier molecular flexibility index (Phi) is 7.78. The molecular formula is C31H39F2N7O. The Hall–Kier alpha value is -3.37. The van der Waals surface area contributed by atoms with E-state index < -0.39 is 11.6 Å². The highest BCUT2D eigenvalue weighted by Gasteiger charge is 2.44. The molecule has 1 saturated heterocycles. The molecule has 1 saturated carbocycles.